The van der Waals surface area contributed by atoms with E-state index >= 15 is 0 Å². The summed E-state index contributed by atoms with van der Waals surface area (Å²) in [4.78, 5) is 31.8. The summed E-state index contributed by atoms with van der Waals surface area (Å²) in [5.41, 5.74) is 2.63. The second kappa shape index (κ2) is 6.62. The average Bonchev–Trinajstić information content (AvgIpc) is 3.29. The van der Waals surface area contributed by atoms with E-state index in [0.29, 0.717) is 30.3 Å². The highest BCUT2D eigenvalue weighted by molar-refractivity contribution is 5.86. The highest BCUT2D eigenvalue weighted by atomic mass is 16.2. The SMILES string of the molecule is Cc1ccc([C@H]2CN(C(=O)CN3CCCC3=O)[C@@H]3C4CCN(CC4)[C@H]23)cc1. The van der Waals surface area contributed by atoms with Crippen LogP contribution in [0, 0.1) is 12.8 Å². The topological polar surface area (TPSA) is 43.9 Å². The van der Waals surface area contributed by atoms with Crippen molar-refractivity contribution < 1.29 is 9.59 Å². The molecule has 5 fully saturated rings. The lowest BCUT2D eigenvalue weighted by Gasteiger charge is -2.51. The summed E-state index contributed by atoms with van der Waals surface area (Å²) in [6.45, 7) is 6.27. The van der Waals surface area contributed by atoms with Gasteiger partial charge in [-0.25, -0.2) is 0 Å². The van der Waals surface area contributed by atoms with Gasteiger partial charge in [-0.2, -0.15) is 0 Å². The summed E-state index contributed by atoms with van der Waals surface area (Å²) in [6, 6.07) is 9.64. The third kappa shape index (κ3) is 2.87. The van der Waals surface area contributed by atoms with Crippen LogP contribution in [0.25, 0.3) is 0 Å². The molecule has 1 aromatic rings. The van der Waals surface area contributed by atoms with E-state index in [1.54, 1.807) is 4.90 Å². The summed E-state index contributed by atoms with van der Waals surface area (Å²) in [5, 5.41) is 0. The molecule has 0 radical (unpaired) electrons. The predicted octanol–water partition coefficient (Wildman–Crippen LogP) is 2.01. The van der Waals surface area contributed by atoms with Gasteiger partial charge in [-0.15, -0.1) is 0 Å². The predicted molar refractivity (Wildman–Crippen MR) is 103 cm³/mol. The molecular weight excluding hydrogens is 338 g/mol. The molecule has 0 N–H and O–H groups in total. The molecule has 5 heteroatoms. The molecule has 3 atom stereocenters. The Balaban J connectivity index is 1.42. The van der Waals surface area contributed by atoms with Crippen molar-refractivity contribution in [3.63, 3.8) is 0 Å². The fourth-order valence-corrected chi connectivity index (χ4v) is 5.94. The molecule has 0 aliphatic carbocycles. The van der Waals surface area contributed by atoms with E-state index in [1.807, 2.05) is 0 Å². The van der Waals surface area contributed by atoms with Crippen LogP contribution in [0.3, 0.4) is 0 Å². The molecule has 5 nitrogen and oxygen atoms in total. The normalized spacial score (nSPS) is 35.0. The number of rotatable bonds is 3. The van der Waals surface area contributed by atoms with Crippen molar-refractivity contribution in [1.29, 1.82) is 0 Å². The van der Waals surface area contributed by atoms with Crippen LogP contribution in [-0.2, 0) is 9.59 Å². The number of hydrogen-bond donors (Lipinski definition) is 0. The quantitative estimate of drug-likeness (QED) is 0.821. The van der Waals surface area contributed by atoms with Crippen molar-refractivity contribution in [3.05, 3.63) is 35.4 Å². The average molecular weight is 367 g/mol. The number of likely N-dealkylation sites (tertiary alicyclic amines) is 2. The Bertz CT molecular complexity index is 738. The van der Waals surface area contributed by atoms with Crippen LogP contribution >= 0.6 is 0 Å². The van der Waals surface area contributed by atoms with Gasteiger partial charge in [0, 0.05) is 31.5 Å². The number of piperidine rings is 3. The molecule has 0 unspecified atom stereocenters. The molecule has 0 spiro atoms. The summed E-state index contributed by atoms with van der Waals surface area (Å²) < 4.78 is 0. The molecule has 5 saturated heterocycles. The van der Waals surface area contributed by atoms with Gasteiger partial charge in [0.05, 0.1) is 12.6 Å². The lowest BCUT2D eigenvalue weighted by molar-refractivity contribution is -0.141. The van der Waals surface area contributed by atoms with E-state index in [1.165, 1.54) is 37.1 Å². The summed E-state index contributed by atoms with van der Waals surface area (Å²) in [6.07, 6.45) is 3.89. The Labute approximate surface area is 161 Å². The van der Waals surface area contributed by atoms with Crippen molar-refractivity contribution >= 4 is 11.8 Å². The van der Waals surface area contributed by atoms with E-state index in [0.717, 1.165) is 19.5 Å². The van der Waals surface area contributed by atoms with Gasteiger partial charge in [-0.05, 0) is 50.8 Å². The molecule has 144 valence electrons. The number of hydrogen-bond acceptors (Lipinski definition) is 3. The van der Waals surface area contributed by atoms with Gasteiger partial charge >= 0.3 is 0 Å². The number of carbonyl (C=O) groups excluding carboxylic acids is 2. The second-order valence-electron chi connectivity index (χ2n) is 8.84. The largest absolute Gasteiger partial charge is 0.336 e. The molecule has 0 saturated carbocycles. The fourth-order valence-electron chi connectivity index (χ4n) is 5.94. The van der Waals surface area contributed by atoms with E-state index in [4.69, 9.17) is 0 Å². The van der Waals surface area contributed by atoms with Gasteiger partial charge in [0.2, 0.25) is 11.8 Å². The van der Waals surface area contributed by atoms with E-state index in [9.17, 15) is 9.59 Å². The zero-order valence-electron chi connectivity index (χ0n) is 16.1. The van der Waals surface area contributed by atoms with E-state index < -0.39 is 0 Å². The van der Waals surface area contributed by atoms with Gasteiger partial charge in [-0.1, -0.05) is 29.8 Å². The van der Waals surface area contributed by atoms with Crippen LogP contribution in [0.1, 0.15) is 42.7 Å². The number of benzene rings is 1. The minimum Gasteiger partial charge on any atom is -0.336 e. The lowest BCUT2D eigenvalue weighted by Crippen LogP contribution is -2.61. The molecule has 27 heavy (non-hydrogen) atoms. The van der Waals surface area contributed by atoms with Crippen molar-refractivity contribution in [2.45, 2.75) is 50.6 Å². The van der Waals surface area contributed by atoms with Crippen molar-refractivity contribution in [2.24, 2.45) is 5.92 Å². The number of aryl methyl sites for hydroxylation is 1. The van der Waals surface area contributed by atoms with Gasteiger partial charge in [0.25, 0.3) is 0 Å². The summed E-state index contributed by atoms with van der Waals surface area (Å²) in [7, 11) is 0. The summed E-state index contributed by atoms with van der Waals surface area (Å²) in [5.74, 6) is 1.30. The Kier molecular flexibility index (Phi) is 4.23. The first-order chi connectivity index (χ1) is 13.1. The third-order valence-electron chi connectivity index (χ3n) is 7.32. The van der Waals surface area contributed by atoms with E-state index in [2.05, 4.69) is 41.0 Å². The van der Waals surface area contributed by atoms with Gasteiger partial charge < -0.3 is 9.80 Å². The number of nitrogens with zero attached hydrogens (tertiary/aromatic N) is 3. The van der Waals surface area contributed by atoms with Crippen LogP contribution in [0.2, 0.25) is 0 Å². The Hall–Kier alpha value is -1.88. The maximum Gasteiger partial charge on any atom is 0.242 e. The lowest BCUT2D eigenvalue weighted by atomic mass is 9.75. The molecule has 2 amide bonds. The fraction of sp³-hybridized carbons (Fsp3) is 0.636. The standard InChI is InChI=1S/C22H29N3O2/c1-15-4-6-16(7-5-15)18-13-25(20(27)14-24-10-2-3-19(24)26)21-17-8-11-23(12-9-17)22(18)21/h4-7,17-18,21-22H,2-3,8-14H2,1H3/t18-,21-,22-/m1/s1. The molecule has 5 heterocycles. The monoisotopic (exact) mass is 367 g/mol. The maximum atomic E-state index is 13.2. The number of fused-ring (bicyclic) bond motifs is 2. The zero-order chi connectivity index (χ0) is 18.5. The first-order valence-corrected chi connectivity index (χ1v) is 10.5. The molecule has 1 aromatic carbocycles. The number of amides is 2. The number of carbonyl (C=O) groups is 2. The third-order valence-corrected chi connectivity index (χ3v) is 7.32. The maximum absolute atomic E-state index is 13.2. The van der Waals surface area contributed by atoms with Crippen molar-refractivity contribution in [3.8, 4) is 0 Å². The van der Waals surface area contributed by atoms with Crippen LogP contribution in [0.4, 0.5) is 0 Å². The van der Waals surface area contributed by atoms with Gasteiger partial charge in [0.15, 0.2) is 0 Å². The first kappa shape index (κ1) is 17.2. The highest BCUT2D eigenvalue weighted by Gasteiger charge is 2.54. The molecular formula is C22H29N3O2. The Morgan fingerprint density at radius 2 is 1.81 bits per heavy atom. The smallest absolute Gasteiger partial charge is 0.242 e. The first-order valence-electron chi connectivity index (χ1n) is 10.5. The van der Waals surface area contributed by atoms with Crippen LogP contribution < -0.4 is 0 Å². The van der Waals surface area contributed by atoms with Crippen molar-refractivity contribution in [2.75, 3.05) is 32.7 Å². The molecule has 6 rings (SSSR count). The molecule has 2 bridgehead atoms. The Morgan fingerprint density at radius 1 is 1.07 bits per heavy atom. The molecule has 5 aliphatic heterocycles. The van der Waals surface area contributed by atoms with Gasteiger partial charge in [-0.3, -0.25) is 14.5 Å². The minimum absolute atomic E-state index is 0.142. The zero-order valence-corrected chi connectivity index (χ0v) is 16.1. The van der Waals surface area contributed by atoms with Crippen LogP contribution in [0.5, 0.6) is 0 Å². The highest BCUT2D eigenvalue weighted by Crippen LogP contribution is 2.46. The molecule has 0 aromatic heterocycles. The second-order valence-corrected chi connectivity index (χ2v) is 8.84. The van der Waals surface area contributed by atoms with E-state index in [-0.39, 0.29) is 18.4 Å². The molecule has 5 aliphatic rings. The van der Waals surface area contributed by atoms with Crippen molar-refractivity contribution in [1.82, 2.24) is 14.7 Å². The summed E-state index contributed by atoms with van der Waals surface area (Å²) >= 11 is 0. The Morgan fingerprint density at radius 3 is 2.48 bits per heavy atom. The van der Waals surface area contributed by atoms with Crippen LogP contribution in [0.15, 0.2) is 24.3 Å². The van der Waals surface area contributed by atoms with Gasteiger partial charge in [0.1, 0.15) is 0 Å². The van der Waals surface area contributed by atoms with Crippen LogP contribution in [-0.4, -0.2) is 71.3 Å². The minimum atomic E-state index is 0.142.